The Morgan fingerprint density at radius 1 is 1.70 bits per heavy atom. The average molecular weight is 163 g/mol. The van der Waals surface area contributed by atoms with Gasteiger partial charge in [0.1, 0.15) is 0 Å². The summed E-state index contributed by atoms with van der Waals surface area (Å²) >= 11 is 5.34. The SMILES string of the molecule is CCC/C(=C\CCl)C(=O)O. The first kappa shape index (κ1) is 9.50. The van der Waals surface area contributed by atoms with E-state index in [1.54, 1.807) is 0 Å². The molecule has 0 unspecified atom stereocenters. The largest absolute Gasteiger partial charge is 0.478 e. The minimum atomic E-state index is -0.859. The molecule has 0 aliphatic heterocycles. The van der Waals surface area contributed by atoms with Crippen LogP contribution >= 0.6 is 11.6 Å². The highest BCUT2D eigenvalue weighted by molar-refractivity contribution is 6.19. The number of carboxylic acids is 1. The van der Waals surface area contributed by atoms with Crippen molar-refractivity contribution in [3.63, 3.8) is 0 Å². The number of carbonyl (C=O) groups is 1. The Morgan fingerprint density at radius 3 is 2.60 bits per heavy atom. The first-order valence-electron chi connectivity index (χ1n) is 3.20. The van der Waals surface area contributed by atoms with E-state index in [0.29, 0.717) is 12.0 Å². The van der Waals surface area contributed by atoms with Crippen LogP contribution in [0.5, 0.6) is 0 Å². The Kier molecular flexibility index (Phi) is 5.03. The van der Waals surface area contributed by atoms with Crippen LogP contribution in [0.25, 0.3) is 0 Å². The maximum Gasteiger partial charge on any atom is 0.331 e. The molecular formula is C7H11ClO2. The topological polar surface area (TPSA) is 37.3 Å². The van der Waals surface area contributed by atoms with E-state index in [2.05, 4.69) is 0 Å². The lowest BCUT2D eigenvalue weighted by molar-refractivity contribution is -0.132. The van der Waals surface area contributed by atoms with Gasteiger partial charge in [-0.05, 0) is 6.42 Å². The summed E-state index contributed by atoms with van der Waals surface area (Å²) in [6.07, 6.45) is 2.98. The highest BCUT2D eigenvalue weighted by Gasteiger charge is 2.03. The van der Waals surface area contributed by atoms with Gasteiger partial charge in [0, 0.05) is 11.5 Å². The summed E-state index contributed by atoms with van der Waals surface area (Å²) in [4.78, 5) is 10.4. The zero-order valence-corrected chi connectivity index (χ0v) is 6.69. The number of rotatable bonds is 4. The number of aliphatic carboxylic acids is 1. The van der Waals surface area contributed by atoms with Crippen LogP contribution in [-0.2, 0) is 4.79 Å². The first-order valence-corrected chi connectivity index (χ1v) is 3.74. The molecule has 0 radical (unpaired) electrons. The van der Waals surface area contributed by atoms with Crippen molar-refractivity contribution in [2.24, 2.45) is 0 Å². The van der Waals surface area contributed by atoms with Crippen molar-refractivity contribution < 1.29 is 9.90 Å². The third-order valence-electron chi connectivity index (χ3n) is 1.12. The van der Waals surface area contributed by atoms with Gasteiger partial charge in [-0.2, -0.15) is 0 Å². The highest BCUT2D eigenvalue weighted by atomic mass is 35.5. The predicted molar refractivity (Wildman–Crippen MR) is 41.3 cm³/mol. The molecule has 0 aliphatic rings. The van der Waals surface area contributed by atoms with E-state index in [-0.39, 0.29) is 5.88 Å². The standard InChI is InChI=1S/C7H11ClO2/c1-2-3-6(4-5-8)7(9)10/h4H,2-3,5H2,1H3,(H,9,10)/b6-4+. The molecule has 0 bridgehead atoms. The molecule has 10 heavy (non-hydrogen) atoms. The molecule has 2 nitrogen and oxygen atoms in total. The second-order valence-electron chi connectivity index (χ2n) is 1.94. The lowest BCUT2D eigenvalue weighted by Gasteiger charge is -1.96. The minimum absolute atomic E-state index is 0.279. The average Bonchev–Trinajstić information content (AvgIpc) is 1.87. The molecule has 3 heteroatoms. The monoisotopic (exact) mass is 162 g/mol. The smallest absolute Gasteiger partial charge is 0.331 e. The third kappa shape index (κ3) is 3.51. The summed E-state index contributed by atoms with van der Waals surface area (Å²) in [5, 5.41) is 8.51. The lowest BCUT2D eigenvalue weighted by Crippen LogP contribution is -2.00. The predicted octanol–water partition coefficient (Wildman–Crippen LogP) is 2.04. The maximum absolute atomic E-state index is 10.4. The number of hydrogen-bond acceptors (Lipinski definition) is 1. The van der Waals surface area contributed by atoms with E-state index >= 15 is 0 Å². The Bertz CT molecular complexity index is 141. The van der Waals surface area contributed by atoms with E-state index in [1.165, 1.54) is 6.08 Å². The number of alkyl halides is 1. The molecular weight excluding hydrogens is 152 g/mol. The fourth-order valence-corrected chi connectivity index (χ4v) is 0.845. The van der Waals surface area contributed by atoms with Gasteiger partial charge in [0.15, 0.2) is 0 Å². The normalized spacial score (nSPS) is 11.6. The van der Waals surface area contributed by atoms with Crippen LogP contribution in [0.3, 0.4) is 0 Å². The van der Waals surface area contributed by atoms with Crippen molar-refractivity contribution in [3.8, 4) is 0 Å². The second kappa shape index (κ2) is 5.30. The number of allylic oxidation sites excluding steroid dienone is 1. The molecule has 0 saturated carbocycles. The van der Waals surface area contributed by atoms with Crippen molar-refractivity contribution in [1.82, 2.24) is 0 Å². The van der Waals surface area contributed by atoms with Crippen molar-refractivity contribution in [2.45, 2.75) is 19.8 Å². The molecule has 0 spiro atoms. The van der Waals surface area contributed by atoms with E-state index in [1.807, 2.05) is 6.92 Å². The highest BCUT2D eigenvalue weighted by Crippen LogP contribution is 2.04. The van der Waals surface area contributed by atoms with E-state index in [9.17, 15) is 4.79 Å². The Balaban J connectivity index is 3.98. The van der Waals surface area contributed by atoms with Gasteiger partial charge in [-0.15, -0.1) is 11.6 Å². The summed E-state index contributed by atoms with van der Waals surface area (Å²) in [6.45, 7) is 1.94. The maximum atomic E-state index is 10.4. The molecule has 0 heterocycles. The van der Waals surface area contributed by atoms with E-state index in [4.69, 9.17) is 16.7 Å². The van der Waals surface area contributed by atoms with Crippen LogP contribution in [0, 0.1) is 0 Å². The fraction of sp³-hybridized carbons (Fsp3) is 0.571. The summed E-state index contributed by atoms with van der Waals surface area (Å²) in [5.41, 5.74) is 0.414. The first-order chi connectivity index (χ1) is 4.72. The summed E-state index contributed by atoms with van der Waals surface area (Å²) in [7, 11) is 0. The van der Waals surface area contributed by atoms with Gasteiger partial charge >= 0.3 is 5.97 Å². The van der Waals surface area contributed by atoms with Gasteiger partial charge in [-0.25, -0.2) is 4.79 Å². The van der Waals surface area contributed by atoms with Crippen molar-refractivity contribution in [3.05, 3.63) is 11.6 Å². The fourth-order valence-electron chi connectivity index (χ4n) is 0.659. The van der Waals surface area contributed by atoms with Gasteiger partial charge in [-0.1, -0.05) is 19.4 Å². The van der Waals surface area contributed by atoms with Crippen LogP contribution in [-0.4, -0.2) is 17.0 Å². The third-order valence-corrected chi connectivity index (χ3v) is 1.27. The number of carboxylic acid groups (broad SMARTS) is 1. The van der Waals surface area contributed by atoms with Crippen LogP contribution < -0.4 is 0 Å². The molecule has 0 atom stereocenters. The van der Waals surface area contributed by atoms with Gasteiger partial charge in [0.05, 0.1) is 0 Å². The van der Waals surface area contributed by atoms with Crippen molar-refractivity contribution in [1.29, 1.82) is 0 Å². The van der Waals surface area contributed by atoms with Gasteiger partial charge < -0.3 is 5.11 Å². The zero-order chi connectivity index (χ0) is 7.98. The zero-order valence-electron chi connectivity index (χ0n) is 5.93. The Morgan fingerprint density at radius 2 is 2.30 bits per heavy atom. The summed E-state index contributed by atoms with van der Waals surface area (Å²) < 4.78 is 0. The van der Waals surface area contributed by atoms with Crippen LogP contribution in [0.2, 0.25) is 0 Å². The Hall–Kier alpha value is -0.500. The van der Waals surface area contributed by atoms with Gasteiger partial charge in [-0.3, -0.25) is 0 Å². The van der Waals surface area contributed by atoms with E-state index < -0.39 is 5.97 Å². The van der Waals surface area contributed by atoms with E-state index in [0.717, 1.165) is 6.42 Å². The van der Waals surface area contributed by atoms with Gasteiger partial charge in [0.2, 0.25) is 0 Å². The molecule has 0 rings (SSSR count). The van der Waals surface area contributed by atoms with Crippen LogP contribution in [0.15, 0.2) is 11.6 Å². The molecule has 0 aromatic rings. The molecule has 0 aromatic carbocycles. The Labute approximate surface area is 65.5 Å². The second-order valence-corrected chi connectivity index (χ2v) is 2.25. The summed E-state index contributed by atoms with van der Waals surface area (Å²) in [6, 6.07) is 0. The van der Waals surface area contributed by atoms with Crippen molar-refractivity contribution >= 4 is 17.6 Å². The molecule has 0 aliphatic carbocycles. The molecule has 58 valence electrons. The van der Waals surface area contributed by atoms with Crippen molar-refractivity contribution in [2.75, 3.05) is 5.88 Å². The minimum Gasteiger partial charge on any atom is -0.478 e. The molecule has 0 saturated heterocycles. The molecule has 0 amide bonds. The number of halogens is 1. The van der Waals surface area contributed by atoms with Crippen LogP contribution in [0.1, 0.15) is 19.8 Å². The summed E-state index contributed by atoms with van der Waals surface area (Å²) in [5.74, 6) is -0.579. The molecule has 0 fully saturated rings. The molecule has 1 N–H and O–H groups in total. The van der Waals surface area contributed by atoms with Gasteiger partial charge in [0.25, 0.3) is 0 Å². The molecule has 0 aromatic heterocycles. The lowest BCUT2D eigenvalue weighted by atomic mass is 10.1. The number of hydrogen-bond donors (Lipinski definition) is 1. The quantitative estimate of drug-likeness (QED) is 0.508. The van der Waals surface area contributed by atoms with Crippen LogP contribution in [0.4, 0.5) is 0 Å².